The SMILES string of the molecule is C[C@@H](O)c1ccc(Br)cc1OCC(O)C(F)(F)F. The lowest BCUT2D eigenvalue weighted by atomic mass is 10.1. The number of hydrogen-bond donors (Lipinski definition) is 2. The van der Waals surface area contributed by atoms with Gasteiger partial charge in [0.15, 0.2) is 6.10 Å². The predicted molar refractivity (Wildman–Crippen MR) is 62.3 cm³/mol. The molecule has 7 heteroatoms. The Morgan fingerprint density at radius 2 is 1.94 bits per heavy atom. The van der Waals surface area contributed by atoms with Gasteiger partial charge in [0.05, 0.1) is 6.10 Å². The molecular weight excluding hydrogens is 317 g/mol. The minimum absolute atomic E-state index is 0.0997. The zero-order chi connectivity index (χ0) is 13.9. The molecule has 1 rings (SSSR count). The van der Waals surface area contributed by atoms with Crippen LogP contribution >= 0.6 is 15.9 Å². The fraction of sp³-hybridized carbons (Fsp3) is 0.455. The molecule has 18 heavy (non-hydrogen) atoms. The fourth-order valence-corrected chi connectivity index (χ4v) is 1.58. The van der Waals surface area contributed by atoms with Crippen LogP contribution in [0, 0.1) is 0 Å². The lowest BCUT2D eigenvalue weighted by molar-refractivity contribution is -0.210. The van der Waals surface area contributed by atoms with Gasteiger partial charge in [-0.15, -0.1) is 0 Å². The van der Waals surface area contributed by atoms with E-state index in [9.17, 15) is 18.3 Å². The van der Waals surface area contributed by atoms with Crippen LogP contribution in [0.2, 0.25) is 0 Å². The third kappa shape index (κ3) is 4.15. The molecule has 0 bridgehead atoms. The molecule has 2 atom stereocenters. The molecule has 0 saturated heterocycles. The molecule has 0 fully saturated rings. The Morgan fingerprint density at radius 3 is 2.44 bits per heavy atom. The quantitative estimate of drug-likeness (QED) is 0.893. The van der Waals surface area contributed by atoms with Crippen molar-refractivity contribution < 1.29 is 28.1 Å². The molecule has 0 amide bonds. The maximum Gasteiger partial charge on any atom is 0.417 e. The second-order valence-electron chi connectivity index (χ2n) is 3.73. The normalized spacial score (nSPS) is 15.3. The summed E-state index contributed by atoms with van der Waals surface area (Å²) >= 11 is 3.15. The average molecular weight is 329 g/mol. The molecule has 2 N–H and O–H groups in total. The molecule has 0 aliphatic rings. The van der Waals surface area contributed by atoms with Gasteiger partial charge in [0.25, 0.3) is 0 Å². The monoisotopic (exact) mass is 328 g/mol. The summed E-state index contributed by atoms with van der Waals surface area (Å²) in [7, 11) is 0. The van der Waals surface area contributed by atoms with Gasteiger partial charge in [0, 0.05) is 10.0 Å². The van der Waals surface area contributed by atoms with Crippen molar-refractivity contribution in [1.29, 1.82) is 0 Å². The summed E-state index contributed by atoms with van der Waals surface area (Å²) in [6.07, 6.45) is -8.16. The number of hydrogen-bond acceptors (Lipinski definition) is 3. The number of alkyl halides is 3. The summed E-state index contributed by atoms with van der Waals surface area (Å²) in [4.78, 5) is 0. The van der Waals surface area contributed by atoms with Crippen molar-refractivity contribution >= 4 is 15.9 Å². The first-order valence-corrected chi connectivity index (χ1v) is 5.86. The largest absolute Gasteiger partial charge is 0.490 e. The van der Waals surface area contributed by atoms with E-state index < -0.39 is 25.0 Å². The number of halogens is 4. The Morgan fingerprint density at radius 1 is 1.33 bits per heavy atom. The molecule has 0 saturated carbocycles. The predicted octanol–water partition coefficient (Wildman–Crippen LogP) is 2.80. The van der Waals surface area contributed by atoms with Gasteiger partial charge in [0.2, 0.25) is 0 Å². The third-order valence-electron chi connectivity index (χ3n) is 2.20. The van der Waals surface area contributed by atoms with E-state index in [0.717, 1.165) is 0 Å². The lowest BCUT2D eigenvalue weighted by Gasteiger charge is -2.18. The van der Waals surface area contributed by atoms with Crippen LogP contribution < -0.4 is 4.74 Å². The van der Waals surface area contributed by atoms with Crippen molar-refractivity contribution in [2.45, 2.75) is 25.3 Å². The number of ether oxygens (including phenoxy) is 1. The zero-order valence-electron chi connectivity index (χ0n) is 9.41. The Balaban J connectivity index is 2.81. The van der Waals surface area contributed by atoms with Crippen molar-refractivity contribution in [3.05, 3.63) is 28.2 Å². The number of aliphatic hydroxyl groups is 2. The number of benzene rings is 1. The molecule has 102 valence electrons. The van der Waals surface area contributed by atoms with E-state index in [2.05, 4.69) is 15.9 Å². The molecule has 0 spiro atoms. The van der Waals surface area contributed by atoms with Crippen molar-refractivity contribution in [2.24, 2.45) is 0 Å². The minimum Gasteiger partial charge on any atom is -0.490 e. The van der Waals surface area contributed by atoms with Crippen LogP contribution in [0.1, 0.15) is 18.6 Å². The van der Waals surface area contributed by atoms with Gasteiger partial charge in [-0.2, -0.15) is 13.2 Å². The fourth-order valence-electron chi connectivity index (χ4n) is 1.24. The molecule has 0 aliphatic heterocycles. The van der Waals surface area contributed by atoms with E-state index in [4.69, 9.17) is 9.84 Å². The molecule has 1 unspecified atom stereocenters. The Bertz CT molecular complexity index is 407. The van der Waals surface area contributed by atoms with E-state index >= 15 is 0 Å². The molecule has 0 heterocycles. The van der Waals surface area contributed by atoms with Gasteiger partial charge in [-0.25, -0.2) is 0 Å². The topological polar surface area (TPSA) is 49.7 Å². The lowest BCUT2D eigenvalue weighted by Crippen LogP contribution is -2.34. The van der Waals surface area contributed by atoms with E-state index in [1.54, 1.807) is 6.07 Å². The highest BCUT2D eigenvalue weighted by Crippen LogP contribution is 2.29. The van der Waals surface area contributed by atoms with Crippen molar-refractivity contribution in [1.82, 2.24) is 0 Å². The Kier molecular flexibility index (Phi) is 5.01. The molecule has 0 radical (unpaired) electrons. The van der Waals surface area contributed by atoms with Crippen LogP contribution in [0.4, 0.5) is 13.2 Å². The number of rotatable bonds is 4. The third-order valence-corrected chi connectivity index (χ3v) is 2.69. The smallest absolute Gasteiger partial charge is 0.417 e. The minimum atomic E-state index is -4.73. The number of aliphatic hydroxyl groups excluding tert-OH is 2. The summed E-state index contributed by atoms with van der Waals surface area (Å²) in [5, 5.41) is 18.3. The molecule has 0 aromatic heterocycles. The van der Waals surface area contributed by atoms with E-state index in [1.165, 1.54) is 19.1 Å². The van der Waals surface area contributed by atoms with Crippen molar-refractivity contribution in [3.8, 4) is 5.75 Å². The van der Waals surface area contributed by atoms with Gasteiger partial charge in [0.1, 0.15) is 12.4 Å². The second-order valence-corrected chi connectivity index (χ2v) is 4.64. The van der Waals surface area contributed by atoms with Crippen LogP contribution in [0.25, 0.3) is 0 Å². The van der Waals surface area contributed by atoms with E-state index in [1.807, 2.05) is 0 Å². The van der Waals surface area contributed by atoms with Crippen LogP contribution in [0.3, 0.4) is 0 Å². The highest BCUT2D eigenvalue weighted by molar-refractivity contribution is 9.10. The summed E-state index contributed by atoms with van der Waals surface area (Å²) in [6.45, 7) is 0.552. The molecule has 1 aromatic carbocycles. The van der Waals surface area contributed by atoms with Gasteiger partial charge in [-0.05, 0) is 19.1 Å². The molecule has 0 aliphatic carbocycles. The van der Waals surface area contributed by atoms with E-state index in [-0.39, 0.29) is 5.75 Å². The molecule has 3 nitrogen and oxygen atoms in total. The summed E-state index contributed by atoms with van der Waals surface area (Å²) in [5.74, 6) is 0.0997. The Labute approximate surface area is 110 Å². The maximum atomic E-state index is 12.1. The van der Waals surface area contributed by atoms with Crippen LogP contribution in [0.15, 0.2) is 22.7 Å². The first-order valence-electron chi connectivity index (χ1n) is 5.07. The highest BCUT2D eigenvalue weighted by atomic mass is 79.9. The first kappa shape index (κ1) is 15.3. The summed E-state index contributed by atoms with van der Waals surface area (Å²) < 4.78 is 41.8. The molecule has 1 aromatic rings. The Hall–Kier alpha value is -0.790. The van der Waals surface area contributed by atoms with Gasteiger partial charge >= 0.3 is 6.18 Å². The van der Waals surface area contributed by atoms with E-state index in [0.29, 0.717) is 10.0 Å². The molecular formula is C11H12BrF3O3. The summed E-state index contributed by atoms with van der Waals surface area (Å²) in [6, 6.07) is 4.60. The maximum absolute atomic E-state index is 12.1. The standard InChI is InChI=1S/C11H12BrF3O3/c1-6(16)8-3-2-7(12)4-9(8)18-5-10(17)11(13,14)15/h2-4,6,10,16-17H,5H2,1H3/t6-,10?/m1/s1. The average Bonchev–Trinajstić information content (AvgIpc) is 2.24. The highest BCUT2D eigenvalue weighted by Gasteiger charge is 2.38. The van der Waals surface area contributed by atoms with Gasteiger partial charge in [-0.1, -0.05) is 22.0 Å². The van der Waals surface area contributed by atoms with Crippen molar-refractivity contribution in [3.63, 3.8) is 0 Å². The van der Waals surface area contributed by atoms with Gasteiger partial charge in [-0.3, -0.25) is 0 Å². The van der Waals surface area contributed by atoms with Crippen LogP contribution in [-0.4, -0.2) is 29.1 Å². The summed E-state index contributed by atoms with van der Waals surface area (Å²) in [5.41, 5.74) is 0.354. The zero-order valence-corrected chi connectivity index (χ0v) is 11.0. The first-order chi connectivity index (χ1) is 8.21. The van der Waals surface area contributed by atoms with Gasteiger partial charge < -0.3 is 14.9 Å². The second kappa shape index (κ2) is 5.90. The van der Waals surface area contributed by atoms with Crippen LogP contribution in [-0.2, 0) is 0 Å². The van der Waals surface area contributed by atoms with Crippen LogP contribution in [0.5, 0.6) is 5.75 Å². The van der Waals surface area contributed by atoms with Crippen molar-refractivity contribution in [2.75, 3.05) is 6.61 Å².